The van der Waals surface area contributed by atoms with Gasteiger partial charge in [0.15, 0.2) is 5.58 Å². The fourth-order valence-electron chi connectivity index (χ4n) is 3.23. The Hall–Kier alpha value is -3.38. The summed E-state index contributed by atoms with van der Waals surface area (Å²) in [6, 6.07) is 17.6. The Kier molecular flexibility index (Phi) is 5.41. The minimum absolute atomic E-state index is 0.0241. The van der Waals surface area contributed by atoms with Crippen molar-refractivity contribution in [3.63, 3.8) is 0 Å². The molecule has 0 N–H and O–H groups in total. The summed E-state index contributed by atoms with van der Waals surface area (Å²) in [6.07, 6.45) is 0. The molecule has 0 bridgehead atoms. The van der Waals surface area contributed by atoms with Crippen molar-refractivity contribution in [3.05, 3.63) is 86.9 Å². The number of ether oxygens (including phenoxy) is 1. The second kappa shape index (κ2) is 8.04. The number of aromatic nitrogens is 1. The first kappa shape index (κ1) is 20.9. The number of benzene rings is 3. The van der Waals surface area contributed by atoms with Crippen molar-refractivity contribution >= 4 is 28.4 Å². The predicted molar refractivity (Wildman–Crippen MR) is 121 cm³/mol. The van der Waals surface area contributed by atoms with E-state index in [0.717, 1.165) is 5.56 Å². The van der Waals surface area contributed by atoms with E-state index in [4.69, 9.17) is 20.8 Å². The van der Waals surface area contributed by atoms with E-state index in [0.29, 0.717) is 38.9 Å². The van der Waals surface area contributed by atoms with Crippen LogP contribution >= 0.6 is 11.6 Å². The van der Waals surface area contributed by atoms with Gasteiger partial charge in [-0.05, 0) is 52.9 Å². The summed E-state index contributed by atoms with van der Waals surface area (Å²) >= 11 is 5.99. The van der Waals surface area contributed by atoms with Gasteiger partial charge in [-0.15, -0.1) is 0 Å². The monoisotopic (exact) mass is 436 g/mol. The van der Waals surface area contributed by atoms with E-state index in [9.17, 15) is 10.1 Å². The maximum absolute atomic E-state index is 11.5. The van der Waals surface area contributed by atoms with Gasteiger partial charge >= 0.3 is 0 Å². The number of rotatable bonds is 5. The highest BCUT2D eigenvalue weighted by atomic mass is 35.5. The van der Waals surface area contributed by atoms with E-state index < -0.39 is 4.92 Å². The van der Waals surface area contributed by atoms with Crippen LogP contribution in [-0.2, 0) is 12.0 Å². The Bertz CT molecular complexity index is 1270. The highest BCUT2D eigenvalue weighted by Gasteiger charge is 2.18. The minimum atomic E-state index is -0.438. The maximum atomic E-state index is 11.5. The number of hydrogen-bond donors (Lipinski definition) is 0. The van der Waals surface area contributed by atoms with Gasteiger partial charge < -0.3 is 9.15 Å². The van der Waals surface area contributed by atoms with Gasteiger partial charge in [0.1, 0.15) is 17.9 Å². The van der Waals surface area contributed by atoms with Crippen molar-refractivity contribution in [1.29, 1.82) is 0 Å². The molecule has 0 radical (unpaired) electrons. The second-order valence-corrected chi connectivity index (χ2v) is 8.78. The van der Waals surface area contributed by atoms with Gasteiger partial charge in [-0.25, -0.2) is 4.98 Å². The van der Waals surface area contributed by atoms with E-state index in [1.54, 1.807) is 30.3 Å². The van der Waals surface area contributed by atoms with Crippen LogP contribution < -0.4 is 4.74 Å². The van der Waals surface area contributed by atoms with Crippen molar-refractivity contribution in [2.45, 2.75) is 32.8 Å². The lowest BCUT2D eigenvalue weighted by molar-refractivity contribution is -0.384. The van der Waals surface area contributed by atoms with E-state index >= 15 is 0 Å². The molecule has 0 aliphatic carbocycles. The van der Waals surface area contributed by atoms with Crippen LogP contribution in [0.3, 0.4) is 0 Å². The Morgan fingerprint density at radius 3 is 2.61 bits per heavy atom. The number of nitro groups is 1. The predicted octanol–water partition coefficient (Wildman–Crippen LogP) is 6.93. The maximum Gasteiger partial charge on any atom is 0.270 e. The highest BCUT2D eigenvalue weighted by molar-refractivity contribution is 6.30. The third-order valence-electron chi connectivity index (χ3n) is 4.89. The molecule has 0 spiro atoms. The lowest BCUT2D eigenvalue weighted by atomic mass is 9.87. The van der Waals surface area contributed by atoms with Crippen LogP contribution in [0.1, 0.15) is 31.9 Å². The first-order valence-electron chi connectivity index (χ1n) is 9.77. The summed E-state index contributed by atoms with van der Waals surface area (Å²) in [5.74, 6) is 0.908. The number of oxazole rings is 1. The number of hydrogen-bond acceptors (Lipinski definition) is 5. The Labute approximate surface area is 184 Å². The number of nitrogens with zero attached hydrogens (tertiary/aromatic N) is 2. The van der Waals surface area contributed by atoms with E-state index in [1.165, 1.54) is 12.1 Å². The van der Waals surface area contributed by atoms with Crippen LogP contribution in [0.2, 0.25) is 5.02 Å². The SMILES string of the molecule is CC(C)(C)c1ccc2oc(-c3cc(COc4cccc(Cl)c4)cc([N+](=O)[O-])c3)nc2c1. The molecule has 3 aromatic carbocycles. The van der Waals surface area contributed by atoms with E-state index in [-0.39, 0.29) is 17.7 Å². The van der Waals surface area contributed by atoms with E-state index in [2.05, 4.69) is 25.8 Å². The summed E-state index contributed by atoms with van der Waals surface area (Å²) < 4.78 is 11.7. The van der Waals surface area contributed by atoms with Crippen molar-refractivity contribution < 1.29 is 14.1 Å². The molecule has 31 heavy (non-hydrogen) atoms. The van der Waals surface area contributed by atoms with Gasteiger partial charge in [-0.2, -0.15) is 0 Å². The van der Waals surface area contributed by atoms with Crippen molar-refractivity contribution in [2.24, 2.45) is 0 Å². The van der Waals surface area contributed by atoms with Crippen molar-refractivity contribution in [1.82, 2.24) is 4.98 Å². The lowest BCUT2D eigenvalue weighted by Crippen LogP contribution is -2.10. The molecule has 4 aromatic rings. The topological polar surface area (TPSA) is 78.4 Å². The molecule has 1 aromatic heterocycles. The molecule has 0 aliphatic heterocycles. The molecule has 0 fully saturated rings. The third-order valence-corrected chi connectivity index (χ3v) is 5.13. The molecule has 0 atom stereocenters. The Balaban J connectivity index is 1.69. The normalized spacial score (nSPS) is 11.6. The zero-order valence-electron chi connectivity index (χ0n) is 17.4. The fourth-order valence-corrected chi connectivity index (χ4v) is 3.41. The quantitative estimate of drug-likeness (QED) is 0.250. The van der Waals surface area contributed by atoms with E-state index in [1.807, 2.05) is 18.2 Å². The third kappa shape index (κ3) is 4.70. The number of nitro benzene ring substituents is 1. The minimum Gasteiger partial charge on any atom is -0.489 e. The number of fused-ring (bicyclic) bond motifs is 1. The lowest BCUT2D eigenvalue weighted by Gasteiger charge is -2.18. The van der Waals surface area contributed by atoms with Crippen LogP contribution in [0.5, 0.6) is 5.75 Å². The zero-order chi connectivity index (χ0) is 22.2. The Morgan fingerprint density at radius 2 is 1.90 bits per heavy atom. The molecule has 0 unspecified atom stereocenters. The molecule has 4 rings (SSSR count). The molecule has 0 saturated carbocycles. The molecular weight excluding hydrogens is 416 g/mol. The van der Waals surface area contributed by atoms with Crippen molar-refractivity contribution in [2.75, 3.05) is 0 Å². The smallest absolute Gasteiger partial charge is 0.270 e. The molecule has 0 saturated heterocycles. The standard InChI is InChI=1S/C24H21ClN2O4/c1-24(2,3)17-7-8-22-21(12-17)26-23(31-22)16-9-15(10-19(11-16)27(28)29)14-30-20-6-4-5-18(25)13-20/h4-13H,14H2,1-3H3. The number of non-ortho nitro benzene ring substituents is 1. The van der Waals surface area contributed by atoms with Gasteiger partial charge in [0.2, 0.25) is 5.89 Å². The molecule has 1 heterocycles. The molecular formula is C24H21ClN2O4. The largest absolute Gasteiger partial charge is 0.489 e. The van der Waals surface area contributed by atoms with Crippen LogP contribution in [0, 0.1) is 10.1 Å². The second-order valence-electron chi connectivity index (χ2n) is 8.34. The first-order chi connectivity index (χ1) is 14.7. The van der Waals surface area contributed by atoms with Gasteiger partial charge in [-0.3, -0.25) is 10.1 Å². The summed E-state index contributed by atoms with van der Waals surface area (Å²) in [6.45, 7) is 6.52. The molecule has 6 nitrogen and oxygen atoms in total. The zero-order valence-corrected chi connectivity index (χ0v) is 18.1. The summed E-state index contributed by atoms with van der Waals surface area (Å²) in [4.78, 5) is 15.6. The van der Waals surface area contributed by atoms with Crippen LogP contribution in [0.25, 0.3) is 22.6 Å². The van der Waals surface area contributed by atoms with Crippen LogP contribution in [-0.4, -0.2) is 9.91 Å². The van der Waals surface area contributed by atoms with Gasteiger partial charge in [0.05, 0.1) is 4.92 Å². The molecule has 0 aliphatic rings. The first-order valence-corrected chi connectivity index (χ1v) is 10.1. The average molecular weight is 437 g/mol. The van der Waals surface area contributed by atoms with Gasteiger partial charge in [0.25, 0.3) is 5.69 Å². The summed E-state index contributed by atoms with van der Waals surface area (Å²) in [5, 5.41) is 12.0. The summed E-state index contributed by atoms with van der Waals surface area (Å²) in [7, 11) is 0. The highest BCUT2D eigenvalue weighted by Crippen LogP contribution is 2.31. The van der Waals surface area contributed by atoms with Gasteiger partial charge in [0, 0.05) is 22.7 Å². The molecule has 7 heteroatoms. The van der Waals surface area contributed by atoms with Gasteiger partial charge in [-0.1, -0.05) is 44.5 Å². The average Bonchev–Trinajstić information content (AvgIpc) is 3.15. The summed E-state index contributed by atoms with van der Waals surface area (Å²) in [5.41, 5.74) is 3.55. The molecule has 158 valence electrons. The Morgan fingerprint density at radius 1 is 1.10 bits per heavy atom. The van der Waals surface area contributed by atoms with Crippen molar-refractivity contribution in [3.8, 4) is 17.2 Å². The fraction of sp³-hybridized carbons (Fsp3) is 0.208. The molecule has 0 amide bonds. The van der Waals surface area contributed by atoms with Crippen LogP contribution in [0.15, 0.2) is 65.1 Å². The number of halogens is 1. The van der Waals surface area contributed by atoms with Crippen LogP contribution in [0.4, 0.5) is 5.69 Å².